The van der Waals surface area contributed by atoms with Crippen molar-refractivity contribution < 1.29 is 9.47 Å². The lowest BCUT2D eigenvalue weighted by Gasteiger charge is -2.34. The van der Waals surface area contributed by atoms with Crippen LogP contribution < -0.4 is 19.3 Å². The lowest BCUT2D eigenvalue weighted by atomic mass is 10.1. The SMILES string of the molecule is C1=C\CC2=C(/C=C\C/1)Oc1ccccc1N2c1nc(-c2ccccc2)nc(N2c3ccccc3Oc3ccccc32)n1. The van der Waals surface area contributed by atoms with Gasteiger partial charge >= 0.3 is 0 Å². The van der Waals surface area contributed by atoms with Crippen molar-refractivity contribution in [1.82, 2.24) is 15.0 Å². The highest BCUT2D eigenvalue weighted by molar-refractivity contribution is 5.85. The molecule has 0 amide bonds. The summed E-state index contributed by atoms with van der Waals surface area (Å²) >= 11 is 0. The standard InChI is InChI=1S/C35H25N5O2/c1-2-7-20-29-25(16-6-1)39(26-17-8-11-21-30(26)41-29)34-36-33(24-14-4-3-5-15-24)37-35(38-34)40-27-18-9-12-22-31(27)42-32-23-13-10-19-28(32)40/h1,3-15,17-23H,2,16H2/b6-1-,20-7-. The molecule has 1 aromatic heterocycles. The smallest absolute Gasteiger partial charge is 0.240 e. The van der Waals surface area contributed by atoms with Crippen molar-refractivity contribution in [2.24, 2.45) is 0 Å². The molecule has 7 nitrogen and oxygen atoms in total. The first kappa shape index (κ1) is 24.1. The molecule has 5 aromatic rings. The molecule has 0 unspecified atom stereocenters. The molecule has 0 N–H and O–H groups in total. The summed E-state index contributed by atoms with van der Waals surface area (Å²) in [5.74, 6) is 4.56. The van der Waals surface area contributed by atoms with Crippen LogP contribution >= 0.6 is 0 Å². The number of anilines is 5. The van der Waals surface area contributed by atoms with Crippen LogP contribution in [0.2, 0.25) is 0 Å². The summed E-state index contributed by atoms with van der Waals surface area (Å²) in [6.07, 6.45) is 9.99. The third-order valence-electron chi connectivity index (χ3n) is 7.38. The van der Waals surface area contributed by atoms with E-state index in [9.17, 15) is 0 Å². The molecule has 202 valence electrons. The maximum atomic E-state index is 6.40. The Morgan fingerprint density at radius 2 is 1.10 bits per heavy atom. The van der Waals surface area contributed by atoms with Crippen LogP contribution in [0.1, 0.15) is 12.8 Å². The third-order valence-corrected chi connectivity index (χ3v) is 7.38. The molecule has 2 aliphatic heterocycles. The number of ether oxygens (including phenoxy) is 2. The van der Waals surface area contributed by atoms with Crippen molar-refractivity contribution in [3.8, 4) is 28.6 Å². The number of rotatable bonds is 3. The van der Waals surface area contributed by atoms with Crippen molar-refractivity contribution in [3.05, 3.63) is 139 Å². The summed E-state index contributed by atoms with van der Waals surface area (Å²) < 4.78 is 12.7. The number of hydrogen-bond acceptors (Lipinski definition) is 7. The molecule has 1 aliphatic carbocycles. The summed E-state index contributed by atoms with van der Waals surface area (Å²) in [6, 6.07) is 33.9. The van der Waals surface area contributed by atoms with E-state index in [1.165, 1.54) is 0 Å². The highest BCUT2D eigenvalue weighted by Crippen LogP contribution is 2.50. The topological polar surface area (TPSA) is 63.6 Å². The number of allylic oxidation sites excluding steroid dienone is 4. The van der Waals surface area contributed by atoms with E-state index in [0.29, 0.717) is 24.1 Å². The van der Waals surface area contributed by atoms with Crippen LogP contribution in [-0.4, -0.2) is 15.0 Å². The number of aromatic nitrogens is 3. The molecular formula is C35H25N5O2. The van der Waals surface area contributed by atoms with E-state index in [-0.39, 0.29) is 0 Å². The van der Waals surface area contributed by atoms with Gasteiger partial charge in [0.05, 0.1) is 22.8 Å². The van der Waals surface area contributed by atoms with Gasteiger partial charge in [0, 0.05) is 12.0 Å². The Balaban J connectivity index is 1.39. The summed E-state index contributed by atoms with van der Waals surface area (Å²) in [6.45, 7) is 0. The van der Waals surface area contributed by atoms with Crippen molar-refractivity contribution >= 4 is 29.0 Å². The molecule has 7 heteroatoms. The second kappa shape index (κ2) is 10.1. The van der Waals surface area contributed by atoms with Crippen LogP contribution in [0.4, 0.5) is 29.0 Å². The van der Waals surface area contributed by atoms with Crippen LogP contribution in [0, 0.1) is 0 Å². The Labute approximate surface area is 243 Å². The van der Waals surface area contributed by atoms with Gasteiger partial charge in [0.1, 0.15) is 5.76 Å². The van der Waals surface area contributed by atoms with E-state index in [1.54, 1.807) is 0 Å². The molecule has 0 radical (unpaired) electrons. The van der Waals surface area contributed by atoms with Gasteiger partial charge in [0.25, 0.3) is 0 Å². The second-order valence-electron chi connectivity index (χ2n) is 10.0. The molecule has 0 atom stereocenters. The van der Waals surface area contributed by atoms with Gasteiger partial charge in [-0.05, 0) is 48.9 Å². The lowest BCUT2D eigenvalue weighted by molar-refractivity contribution is 0.425. The van der Waals surface area contributed by atoms with Gasteiger partial charge in [-0.1, -0.05) is 85.0 Å². The Morgan fingerprint density at radius 1 is 0.524 bits per heavy atom. The minimum absolute atomic E-state index is 0.491. The van der Waals surface area contributed by atoms with Gasteiger partial charge in [-0.15, -0.1) is 0 Å². The number of benzene rings is 4. The van der Waals surface area contributed by atoms with Crippen molar-refractivity contribution in [1.29, 1.82) is 0 Å². The van der Waals surface area contributed by atoms with E-state index in [0.717, 1.165) is 57.8 Å². The van der Waals surface area contributed by atoms with Crippen LogP contribution in [0.15, 0.2) is 139 Å². The summed E-state index contributed by atoms with van der Waals surface area (Å²) in [4.78, 5) is 19.5. The molecule has 42 heavy (non-hydrogen) atoms. The molecule has 3 aliphatic rings. The van der Waals surface area contributed by atoms with Crippen molar-refractivity contribution in [2.45, 2.75) is 12.8 Å². The highest BCUT2D eigenvalue weighted by atomic mass is 16.5. The first-order valence-corrected chi connectivity index (χ1v) is 13.9. The van der Waals surface area contributed by atoms with Gasteiger partial charge in [-0.3, -0.25) is 9.80 Å². The number of nitrogens with zero attached hydrogens (tertiary/aromatic N) is 5. The van der Waals surface area contributed by atoms with Gasteiger partial charge in [0.2, 0.25) is 11.9 Å². The van der Waals surface area contributed by atoms with E-state index in [2.05, 4.69) is 23.1 Å². The first-order chi connectivity index (χ1) is 20.8. The number of hydrogen-bond donors (Lipinski definition) is 0. The van der Waals surface area contributed by atoms with Crippen LogP contribution in [-0.2, 0) is 0 Å². The fourth-order valence-corrected chi connectivity index (χ4v) is 5.45. The van der Waals surface area contributed by atoms with Crippen molar-refractivity contribution in [2.75, 3.05) is 9.80 Å². The second-order valence-corrected chi connectivity index (χ2v) is 10.0. The summed E-state index contributed by atoms with van der Waals surface area (Å²) in [5, 5.41) is 0. The zero-order valence-electron chi connectivity index (χ0n) is 22.6. The maximum absolute atomic E-state index is 6.40. The summed E-state index contributed by atoms with van der Waals surface area (Å²) in [7, 11) is 0. The third kappa shape index (κ3) is 4.10. The average Bonchev–Trinajstić information content (AvgIpc) is 3.03. The molecule has 0 saturated heterocycles. The van der Waals surface area contributed by atoms with E-state index in [4.69, 9.17) is 24.4 Å². The lowest BCUT2D eigenvalue weighted by Crippen LogP contribution is -2.27. The molecule has 3 heterocycles. The quantitative estimate of drug-likeness (QED) is 0.205. The zero-order valence-corrected chi connectivity index (χ0v) is 22.6. The average molecular weight is 548 g/mol. The highest BCUT2D eigenvalue weighted by Gasteiger charge is 2.32. The van der Waals surface area contributed by atoms with E-state index < -0.39 is 0 Å². The molecule has 8 rings (SSSR count). The van der Waals surface area contributed by atoms with Gasteiger partial charge in [-0.2, -0.15) is 15.0 Å². The monoisotopic (exact) mass is 547 g/mol. The fraction of sp³-hybridized carbons (Fsp3) is 0.0571. The van der Waals surface area contributed by atoms with Crippen molar-refractivity contribution in [3.63, 3.8) is 0 Å². The van der Waals surface area contributed by atoms with Gasteiger partial charge in [-0.25, -0.2) is 0 Å². The predicted molar refractivity (Wildman–Crippen MR) is 164 cm³/mol. The van der Waals surface area contributed by atoms with E-state index in [1.807, 2.05) is 114 Å². The molecule has 0 saturated carbocycles. The van der Waals surface area contributed by atoms with E-state index >= 15 is 0 Å². The largest absolute Gasteiger partial charge is 0.453 e. The number of fused-ring (bicyclic) bond motifs is 3. The normalized spacial score (nSPS) is 16.5. The molecule has 0 fully saturated rings. The summed E-state index contributed by atoms with van der Waals surface area (Å²) in [5.41, 5.74) is 4.43. The Kier molecular flexibility index (Phi) is 5.78. The van der Waals surface area contributed by atoms with Crippen LogP contribution in [0.3, 0.4) is 0 Å². The minimum Gasteiger partial charge on any atom is -0.453 e. The minimum atomic E-state index is 0.491. The number of para-hydroxylation sites is 6. The predicted octanol–water partition coefficient (Wildman–Crippen LogP) is 8.76. The zero-order chi connectivity index (χ0) is 27.9. The van der Waals surface area contributed by atoms with Gasteiger partial charge in [0.15, 0.2) is 23.1 Å². The molecular weight excluding hydrogens is 522 g/mol. The fourth-order valence-electron chi connectivity index (χ4n) is 5.45. The molecule has 0 spiro atoms. The Morgan fingerprint density at radius 3 is 1.79 bits per heavy atom. The van der Waals surface area contributed by atoms with Crippen LogP contribution in [0.5, 0.6) is 17.2 Å². The Bertz CT molecular complexity index is 1870. The Hall–Kier alpha value is -5.69. The molecule has 0 bridgehead atoms. The van der Waals surface area contributed by atoms with Gasteiger partial charge < -0.3 is 9.47 Å². The maximum Gasteiger partial charge on any atom is 0.240 e. The van der Waals surface area contributed by atoms with Crippen LogP contribution in [0.25, 0.3) is 11.4 Å². The molecule has 4 aromatic carbocycles. The first-order valence-electron chi connectivity index (χ1n) is 13.9.